The molecule has 0 aliphatic carbocycles. The molecular weight excluding hydrogens is 204 g/mol. The predicted molar refractivity (Wildman–Crippen MR) is 48.0 cm³/mol. The van der Waals surface area contributed by atoms with Gasteiger partial charge in [-0.2, -0.15) is 0 Å². The van der Waals surface area contributed by atoms with Crippen LogP contribution in [0.3, 0.4) is 0 Å². The number of hydrogen-bond donors (Lipinski definition) is 2. The maximum absolute atomic E-state index is 10.8. The van der Waals surface area contributed by atoms with Crippen molar-refractivity contribution >= 4 is 17.9 Å². The molecule has 0 amide bonds. The number of carbonyl (C=O) groups excluding carboxylic acids is 2. The van der Waals surface area contributed by atoms with Gasteiger partial charge in [-0.25, -0.2) is 0 Å². The molecule has 0 bridgehead atoms. The highest BCUT2D eigenvalue weighted by molar-refractivity contribution is 5.90. The van der Waals surface area contributed by atoms with Crippen LogP contribution in [0.4, 0.5) is 0 Å². The molecular formula is C8H12N2O5. The molecule has 0 unspecified atom stereocenters. The van der Waals surface area contributed by atoms with Gasteiger partial charge in [0.15, 0.2) is 0 Å². The molecule has 1 fully saturated rings. The van der Waals surface area contributed by atoms with Gasteiger partial charge in [-0.3, -0.25) is 19.3 Å². The molecule has 0 spiro atoms. The number of ether oxygens (including phenoxy) is 1. The van der Waals surface area contributed by atoms with Crippen LogP contribution in [-0.2, 0) is 19.1 Å². The first-order valence-electron chi connectivity index (χ1n) is 4.46. The molecule has 1 rings (SSSR count). The third-order valence-corrected chi connectivity index (χ3v) is 1.81. The Morgan fingerprint density at radius 3 is 2.53 bits per heavy atom. The first-order chi connectivity index (χ1) is 7.08. The van der Waals surface area contributed by atoms with E-state index < -0.39 is 17.9 Å². The van der Waals surface area contributed by atoms with E-state index in [9.17, 15) is 14.4 Å². The number of aliphatic carboxylic acids is 1. The minimum atomic E-state index is -0.941. The van der Waals surface area contributed by atoms with Crippen molar-refractivity contribution in [1.29, 1.82) is 0 Å². The molecule has 0 saturated carbocycles. The summed E-state index contributed by atoms with van der Waals surface area (Å²) in [5.41, 5.74) is 0. The number of carboxylic acid groups (broad SMARTS) is 1. The zero-order valence-corrected chi connectivity index (χ0v) is 8.06. The number of hydrogen-bond acceptors (Lipinski definition) is 6. The van der Waals surface area contributed by atoms with Gasteiger partial charge in [0, 0.05) is 13.1 Å². The molecule has 84 valence electrons. The van der Waals surface area contributed by atoms with Crippen LogP contribution in [-0.4, -0.2) is 60.6 Å². The number of cyclic esters (lactones) is 2. The normalized spacial score (nSPS) is 17.6. The van der Waals surface area contributed by atoms with Crippen LogP contribution < -0.4 is 5.32 Å². The van der Waals surface area contributed by atoms with Gasteiger partial charge in [-0.15, -0.1) is 0 Å². The van der Waals surface area contributed by atoms with E-state index in [2.05, 4.69) is 10.1 Å². The second-order valence-electron chi connectivity index (χ2n) is 3.13. The first-order valence-corrected chi connectivity index (χ1v) is 4.46. The second kappa shape index (κ2) is 5.42. The third-order valence-electron chi connectivity index (χ3n) is 1.81. The average molecular weight is 216 g/mol. The molecule has 15 heavy (non-hydrogen) atoms. The number of morpholine rings is 1. The zero-order chi connectivity index (χ0) is 11.3. The quantitative estimate of drug-likeness (QED) is 0.313. The molecule has 1 aliphatic heterocycles. The number of rotatable bonds is 5. The Morgan fingerprint density at radius 2 is 2.00 bits per heavy atom. The maximum Gasteiger partial charge on any atom is 0.327 e. The van der Waals surface area contributed by atoms with Gasteiger partial charge in [0.2, 0.25) is 0 Å². The summed E-state index contributed by atoms with van der Waals surface area (Å²) < 4.78 is 4.33. The van der Waals surface area contributed by atoms with Crippen LogP contribution in [0.25, 0.3) is 0 Å². The van der Waals surface area contributed by atoms with E-state index in [0.29, 0.717) is 13.1 Å². The Morgan fingerprint density at radius 1 is 1.40 bits per heavy atom. The average Bonchev–Trinajstić information content (AvgIpc) is 2.10. The summed E-state index contributed by atoms with van der Waals surface area (Å²) in [4.78, 5) is 33.4. The summed E-state index contributed by atoms with van der Waals surface area (Å²) >= 11 is 0. The smallest absolute Gasteiger partial charge is 0.327 e. The van der Waals surface area contributed by atoms with E-state index in [1.54, 1.807) is 4.90 Å². The molecule has 0 aromatic heterocycles. The molecule has 0 aromatic carbocycles. The van der Waals surface area contributed by atoms with Crippen molar-refractivity contribution in [3.8, 4) is 0 Å². The van der Waals surface area contributed by atoms with E-state index in [-0.39, 0.29) is 19.6 Å². The molecule has 1 heterocycles. The zero-order valence-electron chi connectivity index (χ0n) is 8.06. The van der Waals surface area contributed by atoms with Gasteiger partial charge in [0.25, 0.3) is 0 Å². The summed E-state index contributed by atoms with van der Waals surface area (Å²) in [6.45, 7) is 0.855. The number of carboxylic acids is 1. The Hall–Kier alpha value is -1.47. The van der Waals surface area contributed by atoms with Crippen molar-refractivity contribution in [2.75, 3.05) is 32.7 Å². The number of nitrogens with zero attached hydrogens (tertiary/aromatic N) is 1. The number of carbonyl (C=O) groups is 3. The van der Waals surface area contributed by atoms with E-state index >= 15 is 0 Å². The van der Waals surface area contributed by atoms with Crippen molar-refractivity contribution in [3.63, 3.8) is 0 Å². The van der Waals surface area contributed by atoms with E-state index in [1.807, 2.05) is 0 Å². The van der Waals surface area contributed by atoms with Crippen LogP contribution >= 0.6 is 0 Å². The Balaban J connectivity index is 2.18. The first kappa shape index (κ1) is 11.6. The summed E-state index contributed by atoms with van der Waals surface area (Å²) in [5.74, 6) is -2.07. The van der Waals surface area contributed by atoms with Crippen LogP contribution in [0.5, 0.6) is 0 Å². The van der Waals surface area contributed by atoms with Gasteiger partial charge >= 0.3 is 17.9 Å². The van der Waals surface area contributed by atoms with Gasteiger partial charge in [-0.1, -0.05) is 0 Å². The minimum absolute atomic E-state index is 0.0699. The lowest BCUT2D eigenvalue weighted by Gasteiger charge is -2.23. The lowest BCUT2D eigenvalue weighted by Crippen LogP contribution is -2.45. The number of esters is 2. The SMILES string of the molecule is O=C(O)CNCCN1CC(=O)OC(=O)C1. The van der Waals surface area contributed by atoms with Crippen molar-refractivity contribution in [2.45, 2.75) is 0 Å². The minimum Gasteiger partial charge on any atom is -0.480 e. The molecule has 2 N–H and O–H groups in total. The monoisotopic (exact) mass is 216 g/mol. The summed E-state index contributed by atoms with van der Waals surface area (Å²) in [7, 11) is 0. The lowest BCUT2D eigenvalue weighted by molar-refractivity contribution is -0.166. The number of nitrogens with one attached hydrogen (secondary N) is 1. The second-order valence-corrected chi connectivity index (χ2v) is 3.13. The molecule has 1 saturated heterocycles. The standard InChI is InChI=1S/C8H12N2O5/c11-6(12)3-9-1-2-10-4-7(13)15-8(14)5-10/h9H,1-5H2,(H,11,12). The van der Waals surface area contributed by atoms with Gasteiger partial charge in [0.05, 0.1) is 19.6 Å². The summed E-state index contributed by atoms with van der Waals surface area (Å²) in [5, 5.41) is 11.0. The van der Waals surface area contributed by atoms with E-state index in [0.717, 1.165) is 0 Å². The molecule has 0 radical (unpaired) electrons. The fourth-order valence-corrected chi connectivity index (χ4v) is 1.20. The largest absolute Gasteiger partial charge is 0.480 e. The van der Waals surface area contributed by atoms with Crippen molar-refractivity contribution < 1.29 is 24.2 Å². The van der Waals surface area contributed by atoms with E-state index in [4.69, 9.17) is 5.11 Å². The Kier molecular flexibility index (Phi) is 4.19. The molecule has 1 aliphatic rings. The van der Waals surface area contributed by atoms with Crippen LogP contribution in [0.15, 0.2) is 0 Å². The summed E-state index contributed by atoms with van der Waals surface area (Å²) in [6.07, 6.45) is 0. The van der Waals surface area contributed by atoms with E-state index in [1.165, 1.54) is 0 Å². The lowest BCUT2D eigenvalue weighted by atomic mass is 10.4. The topological polar surface area (TPSA) is 95.9 Å². The summed E-state index contributed by atoms with van der Waals surface area (Å²) in [6, 6.07) is 0. The van der Waals surface area contributed by atoms with Crippen LogP contribution in [0, 0.1) is 0 Å². The van der Waals surface area contributed by atoms with Gasteiger partial charge < -0.3 is 15.2 Å². The molecule has 0 aromatic rings. The van der Waals surface area contributed by atoms with Gasteiger partial charge in [-0.05, 0) is 0 Å². The van der Waals surface area contributed by atoms with Crippen molar-refractivity contribution in [2.24, 2.45) is 0 Å². The van der Waals surface area contributed by atoms with Crippen molar-refractivity contribution in [3.05, 3.63) is 0 Å². The highest BCUT2D eigenvalue weighted by Gasteiger charge is 2.23. The highest BCUT2D eigenvalue weighted by Crippen LogP contribution is 1.98. The van der Waals surface area contributed by atoms with Crippen LogP contribution in [0.2, 0.25) is 0 Å². The molecule has 7 heteroatoms. The fraction of sp³-hybridized carbons (Fsp3) is 0.625. The fourth-order valence-electron chi connectivity index (χ4n) is 1.20. The highest BCUT2D eigenvalue weighted by atomic mass is 16.6. The van der Waals surface area contributed by atoms with Crippen molar-refractivity contribution in [1.82, 2.24) is 10.2 Å². The Labute approximate surface area is 86.0 Å². The molecule has 0 atom stereocenters. The third kappa shape index (κ3) is 4.52. The Bertz CT molecular complexity index is 262. The molecule has 7 nitrogen and oxygen atoms in total. The maximum atomic E-state index is 10.8. The predicted octanol–water partition coefficient (Wildman–Crippen LogP) is -1.95. The van der Waals surface area contributed by atoms with Gasteiger partial charge in [0.1, 0.15) is 0 Å². The van der Waals surface area contributed by atoms with Crippen LogP contribution in [0.1, 0.15) is 0 Å².